The van der Waals surface area contributed by atoms with Gasteiger partial charge in [0.15, 0.2) is 0 Å². The number of alkyl halides is 1. The van der Waals surface area contributed by atoms with Crippen LogP contribution in [0.5, 0.6) is 0 Å². The van der Waals surface area contributed by atoms with Gasteiger partial charge in [-0.3, -0.25) is 0 Å². The van der Waals surface area contributed by atoms with Gasteiger partial charge in [0.1, 0.15) is 0 Å². The van der Waals surface area contributed by atoms with E-state index < -0.39 is 17.5 Å². The van der Waals surface area contributed by atoms with E-state index in [9.17, 15) is 9.18 Å². The molecule has 0 aliphatic heterocycles. The first-order valence-electron chi connectivity index (χ1n) is 4.72. The summed E-state index contributed by atoms with van der Waals surface area (Å²) in [7, 11) is 0. The van der Waals surface area contributed by atoms with Crippen LogP contribution in [0.2, 0.25) is 4.82 Å². The van der Waals surface area contributed by atoms with Gasteiger partial charge in [0.05, 0.1) is 0 Å². The number of carbonyl (C=O) groups is 1. The molecular weight excluding hydrogens is 262 g/mol. The fourth-order valence-electron chi connectivity index (χ4n) is 1.04. The van der Waals surface area contributed by atoms with Gasteiger partial charge in [-0.25, -0.2) is 0 Å². The predicted molar refractivity (Wildman–Crippen MR) is 58.2 cm³/mol. The SMILES string of the molecule is CCOC(=O)C(CF)[Se]c1ccccc1. The van der Waals surface area contributed by atoms with Gasteiger partial charge in [-0.15, -0.1) is 0 Å². The van der Waals surface area contributed by atoms with Crippen LogP contribution < -0.4 is 4.46 Å². The zero-order valence-corrected chi connectivity index (χ0v) is 10.2. The summed E-state index contributed by atoms with van der Waals surface area (Å²) in [6.45, 7) is 1.39. The molecule has 15 heavy (non-hydrogen) atoms. The minimum absolute atomic E-state index is 0.192. The van der Waals surface area contributed by atoms with E-state index in [-0.39, 0.29) is 15.0 Å². The number of carbonyl (C=O) groups excluding carboxylic acids is 1. The molecule has 0 amide bonds. The Labute approximate surface area is 95.0 Å². The van der Waals surface area contributed by atoms with Crippen LogP contribution in [0.25, 0.3) is 0 Å². The van der Waals surface area contributed by atoms with Gasteiger partial charge in [-0.1, -0.05) is 0 Å². The Morgan fingerprint density at radius 2 is 2.13 bits per heavy atom. The summed E-state index contributed by atoms with van der Waals surface area (Å²) >= 11 is -0.192. The molecular formula is C11H13FO2Se. The molecule has 4 heteroatoms. The van der Waals surface area contributed by atoms with E-state index in [2.05, 4.69) is 0 Å². The van der Waals surface area contributed by atoms with Crippen molar-refractivity contribution in [1.82, 2.24) is 0 Å². The third-order valence-electron chi connectivity index (χ3n) is 1.71. The number of benzene rings is 1. The Morgan fingerprint density at radius 3 is 2.67 bits per heavy atom. The van der Waals surface area contributed by atoms with E-state index in [4.69, 9.17) is 4.74 Å². The Morgan fingerprint density at radius 1 is 1.47 bits per heavy atom. The van der Waals surface area contributed by atoms with Crippen LogP contribution in [0, 0.1) is 0 Å². The van der Waals surface area contributed by atoms with Crippen molar-refractivity contribution in [2.24, 2.45) is 0 Å². The molecule has 1 atom stereocenters. The second-order valence-electron chi connectivity index (χ2n) is 2.83. The maximum atomic E-state index is 12.6. The van der Waals surface area contributed by atoms with Crippen LogP contribution in [-0.4, -0.2) is 34.2 Å². The molecule has 2 nitrogen and oxygen atoms in total. The zero-order chi connectivity index (χ0) is 11.1. The van der Waals surface area contributed by atoms with Gasteiger partial charge >= 0.3 is 94.7 Å². The van der Waals surface area contributed by atoms with E-state index >= 15 is 0 Å². The Balaban J connectivity index is 2.58. The number of ether oxygens (including phenoxy) is 1. The average Bonchev–Trinajstić information content (AvgIpc) is 2.27. The molecule has 1 unspecified atom stereocenters. The molecule has 0 aromatic heterocycles. The van der Waals surface area contributed by atoms with Crippen molar-refractivity contribution in [2.45, 2.75) is 11.7 Å². The molecule has 0 saturated heterocycles. The first-order chi connectivity index (χ1) is 7.27. The molecule has 0 aliphatic rings. The quantitative estimate of drug-likeness (QED) is 0.599. The first-order valence-corrected chi connectivity index (χ1v) is 6.56. The van der Waals surface area contributed by atoms with Crippen LogP contribution in [0.1, 0.15) is 6.92 Å². The summed E-state index contributed by atoms with van der Waals surface area (Å²) in [6, 6.07) is 9.48. The minimum atomic E-state index is -0.645. The molecule has 0 spiro atoms. The van der Waals surface area contributed by atoms with Crippen molar-refractivity contribution in [3.63, 3.8) is 0 Å². The Kier molecular flexibility index (Phi) is 5.37. The summed E-state index contributed by atoms with van der Waals surface area (Å²) < 4.78 is 18.5. The average molecular weight is 275 g/mol. The number of hydrogen-bond donors (Lipinski definition) is 0. The van der Waals surface area contributed by atoms with Gasteiger partial charge in [0.2, 0.25) is 0 Å². The Hall–Kier alpha value is -0.861. The van der Waals surface area contributed by atoms with Crippen LogP contribution in [0.4, 0.5) is 4.39 Å². The second kappa shape index (κ2) is 6.59. The van der Waals surface area contributed by atoms with Crippen LogP contribution in [-0.2, 0) is 9.53 Å². The summed E-state index contributed by atoms with van der Waals surface area (Å²) in [4.78, 5) is 10.7. The van der Waals surface area contributed by atoms with Crippen molar-refractivity contribution in [1.29, 1.82) is 0 Å². The summed E-state index contributed by atoms with van der Waals surface area (Å²) in [6.07, 6.45) is 0. The Bertz CT molecular complexity index is 303. The van der Waals surface area contributed by atoms with Crippen molar-refractivity contribution in [3.8, 4) is 0 Å². The molecule has 1 rings (SSSR count). The second-order valence-corrected chi connectivity index (χ2v) is 5.50. The molecule has 0 bridgehead atoms. The number of rotatable bonds is 5. The third kappa shape index (κ3) is 4.02. The first kappa shape index (κ1) is 12.2. The molecule has 0 aliphatic carbocycles. The number of halogens is 1. The van der Waals surface area contributed by atoms with E-state index in [1.807, 2.05) is 30.3 Å². The van der Waals surface area contributed by atoms with Gasteiger partial charge in [0, 0.05) is 0 Å². The standard InChI is InChI=1S/C11H13FO2Se/c1-2-14-11(13)10(8-12)15-9-6-4-3-5-7-9/h3-7,10H,2,8H2,1H3. The van der Waals surface area contributed by atoms with Gasteiger partial charge in [0.25, 0.3) is 0 Å². The summed E-state index contributed by atoms with van der Waals surface area (Å²) in [5.41, 5.74) is 0. The number of hydrogen-bond acceptors (Lipinski definition) is 2. The molecule has 0 heterocycles. The molecule has 0 N–H and O–H groups in total. The van der Waals surface area contributed by atoms with Crippen molar-refractivity contribution >= 4 is 25.4 Å². The van der Waals surface area contributed by atoms with Crippen molar-refractivity contribution in [2.75, 3.05) is 13.3 Å². The molecule has 82 valence electrons. The zero-order valence-electron chi connectivity index (χ0n) is 8.48. The van der Waals surface area contributed by atoms with E-state index in [0.717, 1.165) is 4.46 Å². The fourth-order valence-corrected chi connectivity index (χ4v) is 2.87. The van der Waals surface area contributed by atoms with Gasteiger partial charge < -0.3 is 0 Å². The monoisotopic (exact) mass is 276 g/mol. The predicted octanol–water partition coefficient (Wildman–Crippen LogP) is 1.34. The van der Waals surface area contributed by atoms with Gasteiger partial charge in [-0.2, -0.15) is 0 Å². The molecule has 1 aromatic carbocycles. The van der Waals surface area contributed by atoms with E-state index in [1.54, 1.807) is 6.92 Å². The van der Waals surface area contributed by atoms with E-state index in [0.29, 0.717) is 6.61 Å². The maximum absolute atomic E-state index is 12.6. The summed E-state index contributed by atoms with van der Waals surface area (Å²) in [5.74, 6) is -0.427. The normalized spacial score (nSPS) is 12.1. The van der Waals surface area contributed by atoms with Crippen molar-refractivity contribution < 1.29 is 13.9 Å². The van der Waals surface area contributed by atoms with Crippen molar-refractivity contribution in [3.05, 3.63) is 30.3 Å². The summed E-state index contributed by atoms with van der Waals surface area (Å²) in [5, 5.41) is 0. The number of esters is 1. The molecule has 0 radical (unpaired) electrons. The van der Waals surface area contributed by atoms with Crippen LogP contribution >= 0.6 is 0 Å². The molecule has 0 saturated carbocycles. The topological polar surface area (TPSA) is 26.3 Å². The van der Waals surface area contributed by atoms with E-state index in [1.165, 1.54) is 0 Å². The molecule has 0 fully saturated rings. The third-order valence-corrected chi connectivity index (χ3v) is 4.12. The fraction of sp³-hybridized carbons (Fsp3) is 0.364. The van der Waals surface area contributed by atoms with Gasteiger partial charge in [-0.05, 0) is 0 Å². The van der Waals surface area contributed by atoms with Crippen LogP contribution in [0.3, 0.4) is 0 Å². The molecule has 1 aromatic rings. The van der Waals surface area contributed by atoms with Crippen LogP contribution in [0.15, 0.2) is 30.3 Å².